The van der Waals surface area contributed by atoms with Crippen molar-refractivity contribution in [1.82, 2.24) is 4.57 Å². The van der Waals surface area contributed by atoms with Gasteiger partial charge in [-0.1, -0.05) is 42.2 Å². The van der Waals surface area contributed by atoms with Crippen LogP contribution in [0.15, 0.2) is 75.5 Å². The highest BCUT2D eigenvalue weighted by Crippen LogP contribution is 2.32. The van der Waals surface area contributed by atoms with E-state index in [1.165, 1.54) is 29.8 Å². The summed E-state index contributed by atoms with van der Waals surface area (Å²) in [5.74, 6) is 0.249. The molecule has 1 atom stereocenters. The first-order valence-electron chi connectivity index (χ1n) is 9.51. The molecule has 0 saturated carbocycles. The number of aromatic nitrogens is 1. The minimum Gasteiger partial charge on any atom is -0.490 e. The van der Waals surface area contributed by atoms with Gasteiger partial charge in [0, 0.05) is 4.88 Å². The molecular formula is C23H20N2O4S2. The van der Waals surface area contributed by atoms with E-state index in [1.807, 2.05) is 47.9 Å². The van der Waals surface area contributed by atoms with Gasteiger partial charge in [-0.3, -0.25) is 9.36 Å². The Hall–Kier alpha value is -3.23. The molecule has 1 aliphatic heterocycles. The number of carbonyl (C=O) groups excluding carboxylic acids is 1. The van der Waals surface area contributed by atoms with Gasteiger partial charge < -0.3 is 9.47 Å². The maximum Gasteiger partial charge on any atom is 0.338 e. The highest BCUT2D eigenvalue weighted by atomic mass is 32.1. The molecule has 0 unspecified atom stereocenters. The third-order valence-corrected chi connectivity index (χ3v) is 6.69. The fourth-order valence-electron chi connectivity index (χ4n) is 3.38. The fourth-order valence-corrected chi connectivity index (χ4v) is 5.25. The highest BCUT2D eigenvalue weighted by molar-refractivity contribution is 7.10. The lowest BCUT2D eigenvalue weighted by atomic mass is 10.0. The van der Waals surface area contributed by atoms with E-state index in [1.54, 1.807) is 17.6 Å². The smallest absolute Gasteiger partial charge is 0.338 e. The molecule has 0 amide bonds. The van der Waals surface area contributed by atoms with E-state index in [4.69, 9.17) is 9.47 Å². The summed E-state index contributed by atoms with van der Waals surface area (Å²) in [7, 11) is 1.33. The number of methoxy groups -OCH3 is 1. The van der Waals surface area contributed by atoms with Gasteiger partial charge in [0.05, 0.1) is 22.9 Å². The van der Waals surface area contributed by atoms with Gasteiger partial charge in [0.2, 0.25) is 0 Å². The van der Waals surface area contributed by atoms with E-state index in [0.717, 1.165) is 16.2 Å². The molecule has 3 aromatic rings. The van der Waals surface area contributed by atoms with E-state index >= 15 is 0 Å². The molecule has 0 N–H and O–H groups in total. The van der Waals surface area contributed by atoms with E-state index in [0.29, 0.717) is 27.2 Å². The Kier molecular flexibility index (Phi) is 6.01. The number of rotatable bonds is 6. The Bertz CT molecular complexity index is 1330. The molecule has 6 nitrogen and oxygen atoms in total. The number of allylic oxidation sites excluding steroid dienone is 1. The third-order valence-electron chi connectivity index (χ3n) is 4.79. The molecule has 0 saturated heterocycles. The number of hydrogen-bond acceptors (Lipinski definition) is 7. The molecule has 0 aliphatic carbocycles. The topological polar surface area (TPSA) is 69.9 Å². The third kappa shape index (κ3) is 4.04. The average Bonchev–Trinajstić information content (AvgIpc) is 3.41. The van der Waals surface area contributed by atoms with Crippen molar-refractivity contribution >= 4 is 34.7 Å². The molecule has 1 aromatic carbocycles. The van der Waals surface area contributed by atoms with Gasteiger partial charge in [0.15, 0.2) is 4.80 Å². The van der Waals surface area contributed by atoms with Crippen LogP contribution < -0.4 is 19.6 Å². The SMILES string of the molecule is C=CCOc1ccc(/C=c2\sc3n(c2=O)[C@@H](c2cccs2)C(C(=O)OC)=C(C)N=3)cc1. The van der Waals surface area contributed by atoms with Gasteiger partial charge in [-0.2, -0.15) is 0 Å². The summed E-state index contributed by atoms with van der Waals surface area (Å²) in [6.45, 7) is 5.84. The molecule has 0 spiro atoms. The lowest BCUT2D eigenvalue weighted by Crippen LogP contribution is -2.39. The summed E-state index contributed by atoms with van der Waals surface area (Å²) in [6, 6.07) is 10.7. The van der Waals surface area contributed by atoms with Gasteiger partial charge in [0.1, 0.15) is 18.4 Å². The maximum atomic E-state index is 13.4. The lowest BCUT2D eigenvalue weighted by molar-refractivity contribution is -0.136. The molecule has 3 heterocycles. The number of thiazole rings is 1. The number of ether oxygens (including phenoxy) is 2. The molecule has 0 fully saturated rings. The van der Waals surface area contributed by atoms with Crippen LogP contribution in [0.5, 0.6) is 5.75 Å². The molecular weight excluding hydrogens is 432 g/mol. The largest absolute Gasteiger partial charge is 0.490 e. The predicted molar refractivity (Wildman–Crippen MR) is 122 cm³/mol. The second-order valence-electron chi connectivity index (χ2n) is 6.76. The van der Waals surface area contributed by atoms with Gasteiger partial charge in [-0.05, 0) is 42.1 Å². The minimum absolute atomic E-state index is 0.192. The summed E-state index contributed by atoms with van der Waals surface area (Å²) in [6.07, 6.45) is 3.51. The number of thiophene rings is 1. The summed E-state index contributed by atoms with van der Waals surface area (Å²) in [5, 5.41) is 1.92. The van der Waals surface area contributed by atoms with Crippen LogP contribution in [0.25, 0.3) is 6.08 Å². The summed E-state index contributed by atoms with van der Waals surface area (Å²) < 4.78 is 12.6. The number of carbonyl (C=O) groups is 1. The Morgan fingerprint density at radius 1 is 1.29 bits per heavy atom. The molecule has 1 aliphatic rings. The van der Waals surface area contributed by atoms with Gasteiger partial charge >= 0.3 is 5.97 Å². The summed E-state index contributed by atoms with van der Waals surface area (Å²) >= 11 is 2.79. The molecule has 4 rings (SSSR count). The van der Waals surface area contributed by atoms with E-state index in [2.05, 4.69) is 11.6 Å². The fraction of sp³-hybridized carbons (Fsp3) is 0.174. The van der Waals surface area contributed by atoms with Crippen LogP contribution >= 0.6 is 22.7 Å². The van der Waals surface area contributed by atoms with Crippen molar-refractivity contribution in [2.45, 2.75) is 13.0 Å². The molecule has 0 bridgehead atoms. The predicted octanol–water partition coefficient (Wildman–Crippen LogP) is 3.03. The first-order chi connectivity index (χ1) is 15.0. The molecule has 8 heteroatoms. The van der Waals surface area contributed by atoms with Crippen LogP contribution in [0.2, 0.25) is 0 Å². The molecule has 0 radical (unpaired) electrons. The molecule has 158 valence electrons. The minimum atomic E-state index is -0.555. The average molecular weight is 453 g/mol. The van der Waals surface area contributed by atoms with Crippen molar-refractivity contribution in [2.24, 2.45) is 4.99 Å². The van der Waals surface area contributed by atoms with Crippen LogP contribution in [0, 0.1) is 0 Å². The quantitative estimate of drug-likeness (QED) is 0.426. The maximum absolute atomic E-state index is 13.4. The van der Waals surface area contributed by atoms with Crippen molar-refractivity contribution in [1.29, 1.82) is 0 Å². The van der Waals surface area contributed by atoms with E-state index in [9.17, 15) is 9.59 Å². The van der Waals surface area contributed by atoms with Crippen molar-refractivity contribution < 1.29 is 14.3 Å². The van der Waals surface area contributed by atoms with Crippen LogP contribution in [0.4, 0.5) is 0 Å². The Morgan fingerprint density at radius 3 is 2.71 bits per heavy atom. The summed E-state index contributed by atoms with van der Waals surface area (Å²) in [5.41, 5.74) is 1.62. The zero-order chi connectivity index (χ0) is 22.0. The van der Waals surface area contributed by atoms with E-state index in [-0.39, 0.29) is 5.56 Å². The van der Waals surface area contributed by atoms with Crippen molar-refractivity contribution in [2.75, 3.05) is 13.7 Å². The van der Waals surface area contributed by atoms with Gasteiger partial charge in [-0.25, -0.2) is 9.79 Å². The molecule has 2 aromatic heterocycles. The number of hydrogen-bond donors (Lipinski definition) is 0. The standard InChI is InChI=1S/C23H20N2O4S2/c1-4-11-29-16-9-7-15(8-10-16)13-18-21(26)25-20(17-6-5-12-30-17)19(22(27)28-3)14(2)24-23(25)31-18/h4-10,12-13,20H,1,11H2,2-3H3/b18-13-/t20-/m0/s1. The van der Waals surface area contributed by atoms with Gasteiger partial charge in [-0.15, -0.1) is 11.3 Å². The summed E-state index contributed by atoms with van der Waals surface area (Å²) in [4.78, 5) is 31.9. The zero-order valence-corrected chi connectivity index (χ0v) is 18.7. The van der Waals surface area contributed by atoms with Crippen LogP contribution in [0.1, 0.15) is 23.4 Å². The van der Waals surface area contributed by atoms with Crippen molar-refractivity contribution in [3.63, 3.8) is 0 Å². The van der Waals surface area contributed by atoms with Gasteiger partial charge in [0.25, 0.3) is 5.56 Å². The Balaban J connectivity index is 1.83. The van der Waals surface area contributed by atoms with Crippen LogP contribution in [-0.4, -0.2) is 24.3 Å². The number of benzene rings is 1. The molecule has 31 heavy (non-hydrogen) atoms. The number of nitrogens with zero attached hydrogens (tertiary/aromatic N) is 2. The first kappa shape index (κ1) is 21.0. The monoisotopic (exact) mass is 452 g/mol. The zero-order valence-electron chi connectivity index (χ0n) is 17.0. The lowest BCUT2D eigenvalue weighted by Gasteiger charge is -2.22. The van der Waals surface area contributed by atoms with Crippen LogP contribution in [-0.2, 0) is 9.53 Å². The Labute approximate surface area is 186 Å². The highest BCUT2D eigenvalue weighted by Gasteiger charge is 2.33. The second-order valence-corrected chi connectivity index (χ2v) is 8.75. The Morgan fingerprint density at radius 2 is 2.06 bits per heavy atom. The van der Waals surface area contributed by atoms with Crippen LogP contribution in [0.3, 0.4) is 0 Å². The van der Waals surface area contributed by atoms with Crippen molar-refractivity contribution in [3.8, 4) is 5.75 Å². The van der Waals surface area contributed by atoms with E-state index < -0.39 is 12.0 Å². The first-order valence-corrected chi connectivity index (χ1v) is 11.2. The van der Waals surface area contributed by atoms with Crippen molar-refractivity contribution in [3.05, 3.63) is 95.8 Å². The number of esters is 1. The normalized spacial score (nSPS) is 15.9. The number of fused-ring (bicyclic) bond motifs is 1. The second kappa shape index (κ2) is 8.87.